The minimum Gasteiger partial charge on any atom is -0.507 e. The standard InChI is InChI=1S/C16H22O3/c1-11-8-12(10-16(2,3)9-11)19-15(18)13-6-4-5-7-14(13)17/h4-7,11-12,17H,8-10H2,1-3H3/t11-,12+/m1/s1. The summed E-state index contributed by atoms with van der Waals surface area (Å²) in [7, 11) is 0. The third-order valence-corrected chi connectivity index (χ3v) is 3.74. The van der Waals surface area contributed by atoms with E-state index in [1.54, 1.807) is 18.2 Å². The third kappa shape index (κ3) is 3.49. The topological polar surface area (TPSA) is 46.5 Å². The zero-order valence-electron chi connectivity index (χ0n) is 11.8. The first kappa shape index (κ1) is 13.9. The minimum atomic E-state index is -0.423. The maximum Gasteiger partial charge on any atom is 0.342 e. The molecule has 3 nitrogen and oxygen atoms in total. The fraction of sp³-hybridized carbons (Fsp3) is 0.562. The molecule has 3 heteroatoms. The number of phenols is 1. The molecule has 0 amide bonds. The summed E-state index contributed by atoms with van der Waals surface area (Å²) < 4.78 is 5.57. The molecule has 0 heterocycles. The molecule has 19 heavy (non-hydrogen) atoms. The van der Waals surface area contributed by atoms with E-state index in [0.29, 0.717) is 5.92 Å². The van der Waals surface area contributed by atoms with Gasteiger partial charge < -0.3 is 9.84 Å². The van der Waals surface area contributed by atoms with Crippen molar-refractivity contribution in [2.45, 2.75) is 46.1 Å². The van der Waals surface area contributed by atoms with Crippen LogP contribution in [0.25, 0.3) is 0 Å². The fourth-order valence-corrected chi connectivity index (χ4v) is 3.21. The lowest BCUT2D eigenvalue weighted by atomic mass is 9.71. The Bertz CT molecular complexity index is 465. The van der Waals surface area contributed by atoms with Gasteiger partial charge in [-0.05, 0) is 42.7 Å². The van der Waals surface area contributed by atoms with Gasteiger partial charge in [0.1, 0.15) is 17.4 Å². The van der Waals surface area contributed by atoms with Crippen LogP contribution in [0, 0.1) is 11.3 Å². The number of ether oxygens (including phenoxy) is 1. The predicted octanol–water partition coefficient (Wildman–Crippen LogP) is 3.76. The number of hydrogen-bond acceptors (Lipinski definition) is 3. The van der Waals surface area contributed by atoms with Crippen LogP contribution in [0.15, 0.2) is 24.3 Å². The van der Waals surface area contributed by atoms with Crippen molar-refractivity contribution < 1.29 is 14.6 Å². The van der Waals surface area contributed by atoms with Gasteiger partial charge in [0.2, 0.25) is 0 Å². The number of aromatic hydroxyl groups is 1. The second-order valence-corrected chi connectivity index (χ2v) is 6.46. The second-order valence-electron chi connectivity index (χ2n) is 6.46. The van der Waals surface area contributed by atoms with Gasteiger partial charge in [-0.1, -0.05) is 32.9 Å². The van der Waals surface area contributed by atoms with E-state index in [1.165, 1.54) is 6.07 Å². The summed E-state index contributed by atoms with van der Waals surface area (Å²) in [6.45, 7) is 6.62. The van der Waals surface area contributed by atoms with Crippen LogP contribution in [0.4, 0.5) is 0 Å². The van der Waals surface area contributed by atoms with Crippen molar-refractivity contribution in [3.05, 3.63) is 29.8 Å². The van der Waals surface area contributed by atoms with Crippen molar-refractivity contribution in [3.63, 3.8) is 0 Å². The van der Waals surface area contributed by atoms with Crippen molar-refractivity contribution in [1.29, 1.82) is 0 Å². The summed E-state index contributed by atoms with van der Waals surface area (Å²) in [5, 5.41) is 9.66. The van der Waals surface area contributed by atoms with Gasteiger partial charge in [-0.25, -0.2) is 4.79 Å². The van der Waals surface area contributed by atoms with Crippen molar-refractivity contribution in [3.8, 4) is 5.75 Å². The second kappa shape index (κ2) is 5.24. The molecule has 1 aromatic rings. The summed E-state index contributed by atoms with van der Waals surface area (Å²) in [6, 6.07) is 6.51. The number of esters is 1. The van der Waals surface area contributed by atoms with Gasteiger partial charge in [-0.15, -0.1) is 0 Å². The van der Waals surface area contributed by atoms with Gasteiger partial charge in [-0.3, -0.25) is 0 Å². The molecule has 104 valence electrons. The van der Waals surface area contributed by atoms with E-state index in [0.717, 1.165) is 19.3 Å². The van der Waals surface area contributed by atoms with Crippen molar-refractivity contribution in [1.82, 2.24) is 0 Å². The molecule has 1 N–H and O–H groups in total. The molecule has 0 unspecified atom stereocenters. The maximum atomic E-state index is 12.1. The molecule has 1 saturated carbocycles. The molecule has 0 saturated heterocycles. The van der Waals surface area contributed by atoms with Crippen LogP contribution in [0.5, 0.6) is 5.75 Å². The first-order chi connectivity index (χ1) is 8.87. The quantitative estimate of drug-likeness (QED) is 0.825. The Kier molecular flexibility index (Phi) is 3.83. The summed E-state index contributed by atoms with van der Waals surface area (Å²) in [6.07, 6.45) is 2.91. The van der Waals surface area contributed by atoms with Crippen molar-refractivity contribution in [2.75, 3.05) is 0 Å². The average molecular weight is 262 g/mol. The Morgan fingerprint density at radius 2 is 2.00 bits per heavy atom. The number of benzene rings is 1. The number of phenolic OH excluding ortho intramolecular Hbond substituents is 1. The van der Waals surface area contributed by atoms with Crippen LogP contribution in [-0.2, 0) is 4.74 Å². The van der Waals surface area contributed by atoms with Gasteiger partial charge >= 0.3 is 5.97 Å². The van der Waals surface area contributed by atoms with E-state index in [1.807, 2.05) is 0 Å². The molecule has 0 bridgehead atoms. The number of carbonyl (C=O) groups is 1. The molecule has 1 aliphatic rings. The Hall–Kier alpha value is -1.51. The summed E-state index contributed by atoms with van der Waals surface area (Å²) >= 11 is 0. The predicted molar refractivity (Wildman–Crippen MR) is 74.1 cm³/mol. The molecular weight excluding hydrogens is 240 g/mol. The molecule has 1 aliphatic carbocycles. The van der Waals surface area contributed by atoms with Gasteiger partial charge in [0.25, 0.3) is 0 Å². The zero-order chi connectivity index (χ0) is 14.0. The van der Waals surface area contributed by atoms with Crippen LogP contribution in [-0.4, -0.2) is 17.2 Å². The number of hydrogen-bond donors (Lipinski definition) is 1. The Balaban J connectivity index is 2.05. The molecule has 1 aromatic carbocycles. The largest absolute Gasteiger partial charge is 0.507 e. The van der Waals surface area contributed by atoms with E-state index in [2.05, 4.69) is 20.8 Å². The lowest BCUT2D eigenvalue weighted by molar-refractivity contribution is -0.00734. The third-order valence-electron chi connectivity index (χ3n) is 3.74. The van der Waals surface area contributed by atoms with E-state index in [9.17, 15) is 9.90 Å². The van der Waals surface area contributed by atoms with Crippen LogP contribution in [0.2, 0.25) is 0 Å². The molecule has 0 aliphatic heterocycles. The smallest absolute Gasteiger partial charge is 0.342 e. The highest BCUT2D eigenvalue weighted by atomic mass is 16.5. The average Bonchev–Trinajstić information content (AvgIpc) is 2.26. The first-order valence-corrected chi connectivity index (χ1v) is 6.86. The molecule has 0 spiro atoms. The number of para-hydroxylation sites is 1. The highest BCUT2D eigenvalue weighted by Crippen LogP contribution is 2.40. The van der Waals surface area contributed by atoms with Crippen LogP contribution >= 0.6 is 0 Å². The van der Waals surface area contributed by atoms with Gasteiger partial charge in [-0.2, -0.15) is 0 Å². The summed E-state index contributed by atoms with van der Waals surface area (Å²) in [4.78, 5) is 12.1. The Morgan fingerprint density at radius 3 is 2.63 bits per heavy atom. The highest BCUT2D eigenvalue weighted by Gasteiger charge is 2.34. The van der Waals surface area contributed by atoms with E-state index < -0.39 is 5.97 Å². The molecule has 2 atom stereocenters. The van der Waals surface area contributed by atoms with Gasteiger partial charge in [0.15, 0.2) is 0 Å². The van der Waals surface area contributed by atoms with E-state index in [4.69, 9.17) is 4.74 Å². The van der Waals surface area contributed by atoms with Gasteiger partial charge in [0, 0.05) is 0 Å². The molecule has 0 aromatic heterocycles. The van der Waals surface area contributed by atoms with Crippen molar-refractivity contribution >= 4 is 5.97 Å². The number of rotatable bonds is 2. The fourth-order valence-electron chi connectivity index (χ4n) is 3.21. The van der Waals surface area contributed by atoms with Crippen LogP contribution in [0.1, 0.15) is 50.4 Å². The number of carbonyl (C=O) groups excluding carboxylic acids is 1. The maximum absolute atomic E-state index is 12.1. The van der Waals surface area contributed by atoms with Crippen LogP contribution in [0.3, 0.4) is 0 Å². The van der Waals surface area contributed by atoms with E-state index >= 15 is 0 Å². The van der Waals surface area contributed by atoms with Crippen LogP contribution < -0.4 is 0 Å². The van der Waals surface area contributed by atoms with E-state index in [-0.39, 0.29) is 22.8 Å². The monoisotopic (exact) mass is 262 g/mol. The lowest BCUT2D eigenvalue weighted by Crippen LogP contribution is -2.34. The summed E-state index contributed by atoms with van der Waals surface area (Å²) in [5.41, 5.74) is 0.458. The first-order valence-electron chi connectivity index (χ1n) is 6.86. The SMILES string of the molecule is C[C@@H]1C[C@H](OC(=O)c2ccccc2O)CC(C)(C)C1. The Morgan fingerprint density at radius 1 is 1.32 bits per heavy atom. The molecule has 0 radical (unpaired) electrons. The normalized spacial score (nSPS) is 25.8. The lowest BCUT2D eigenvalue weighted by Gasteiger charge is -2.38. The summed E-state index contributed by atoms with van der Waals surface area (Å²) in [5.74, 6) is 0.120. The molecule has 1 fully saturated rings. The zero-order valence-corrected chi connectivity index (χ0v) is 11.8. The molecule has 2 rings (SSSR count). The van der Waals surface area contributed by atoms with Crippen molar-refractivity contribution in [2.24, 2.45) is 11.3 Å². The minimum absolute atomic E-state index is 0.0179. The Labute approximate surface area is 114 Å². The molecular formula is C16H22O3. The highest BCUT2D eigenvalue weighted by molar-refractivity contribution is 5.92. The van der Waals surface area contributed by atoms with Gasteiger partial charge in [0.05, 0.1) is 0 Å².